The Morgan fingerprint density at radius 1 is 1.04 bits per heavy atom. The Bertz CT molecular complexity index is 873. The summed E-state index contributed by atoms with van der Waals surface area (Å²) >= 11 is 11.9. The first-order valence-electron chi connectivity index (χ1n) is 8.08. The van der Waals surface area contributed by atoms with E-state index in [0.717, 1.165) is 5.56 Å². The van der Waals surface area contributed by atoms with Crippen molar-refractivity contribution in [1.29, 1.82) is 0 Å². The van der Waals surface area contributed by atoms with Crippen LogP contribution in [-0.2, 0) is 10.2 Å². The quantitative estimate of drug-likeness (QED) is 0.574. The molecule has 1 atom stereocenters. The van der Waals surface area contributed by atoms with Crippen molar-refractivity contribution in [2.24, 2.45) is 0 Å². The van der Waals surface area contributed by atoms with Crippen LogP contribution in [-0.4, -0.2) is 15.3 Å². The molecule has 0 amide bonds. The van der Waals surface area contributed by atoms with Crippen molar-refractivity contribution in [3.63, 3.8) is 0 Å². The van der Waals surface area contributed by atoms with Gasteiger partial charge in [-0.15, -0.1) is 0 Å². The van der Waals surface area contributed by atoms with E-state index in [2.05, 4.69) is 4.98 Å². The van der Waals surface area contributed by atoms with E-state index < -0.39 is 11.6 Å². The van der Waals surface area contributed by atoms with Gasteiger partial charge in [0.1, 0.15) is 5.75 Å². The van der Waals surface area contributed by atoms with Crippen LogP contribution in [0, 0.1) is 0 Å². The SMILES string of the molecule is CC(C)(C(=O)C(Oc1ccc(Cl)cc1)n1ccnc1)c1ccc(Cl)cc1. The largest absolute Gasteiger partial charge is 0.463 e. The number of hydrogen-bond acceptors (Lipinski definition) is 3. The molecule has 0 aliphatic heterocycles. The van der Waals surface area contributed by atoms with Gasteiger partial charge in [-0.2, -0.15) is 0 Å². The molecule has 0 N–H and O–H groups in total. The fourth-order valence-electron chi connectivity index (χ4n) is 2.62. The van der Waals surface area contributed by atoms with Crippen molar-refractivity contribution in [2.45, 2.75) is 25.5 Å². The molecule has 1 heterocycles. The first-order valence-corrected chi connectivity index (χ1v) is 8.83. The van der Waals surface area contributed by atoms with Gasteiger partial charge in [-0.05, 0) is 55.8 Å². The summed E-state index contributed by atoms with van der Waals surface area (Å²) in [5.74, 6) is 0.445. The maximum atomic E-state index is 13.4. The lowest BCUT2D eigenvalue weighted by molar-refractivity contribution is -0.134. The molecule has 0 radical (unpaired) electrons. The van der Waals surface area contributed by atoms with Crippen LogP contribution >= 0.6 is 23.2 Å². The molecule has 26 heavy (non-hydrogen) atoms. The number of ketones is 1. The summed E-state index contributed by atoms with van der Waals surface area (Å²) in [6.45, 7) is 3.74. The topological polar surface area (TPSA) is 44.1 Å². The van der Waals surface area contributed by atoms with Crippen LogP contribution < -0.4 is 4.74 Å². The number of halogens is 2. The van der Waals surface area contributed by atoms with E-state index in [-0.39, 0.29) is 5.78 Å². The summed E-state index contributed by atoms with van der Waals surface area (Å²) in [5, 5.41) is 1.23. The molecule has 2 aromatic carbocycles. The van der Waals surface area contributed by atoms with Crippen LogP contribution in [0.1, 0.15) is 25.6 Å². The van der Waals surface area contributed by atoms with Crippen molar-refractivity contribution >= 4 is 29.0 Å². The van der Waals surface area contributed by atoms with Gasteiger partial charge in [0, 0.05) is 22.4 Å². The molecule has 0 aliphatic rings. The normalized spacial score (nSPS) is 12.6. The highest BCUT2D eigenvalue weighted by atomic mass is 35.5. The van der Waals surface area contributed by atoms with Crippen LogP contribution in [0.3, 0.4) is 0 Å². The summed E-state index contributed by atoms with van der Waals surface area (Å²) in [4.78, 5) is 17.4. The third-order valence-corrected chi connectivity index (χ3v) is 4.77. The van der Waals surface area contributed by atoms with Crippen LogP contribution in [0.4, 0.5) is 0 Å². The Kier molecular flexibility index (Phi) is 5.35. The van der Waals surface area contributed by atoms with Crippen LogP contribution in [0.25, 0.3) is 0 Å². The summed E-state index contributed by atoms with van der Waals surface area (Å²) in [7, 11) is 0. The van der Waals surface area contributed by atoms with Crippen molar-refractivity contribution in [1.82, 2.24) is 9.55 Å². The van der Waals surface area contributed by atoms with Crippen molar-refractivity contribution in [3.05, 3.63) is 82.9 Å². The highest BCUT2D eigenvalue weighted by Gasteiger charge is 2.37. The molecule has 0 fully saturated rings. The number of nitrogens with zero attached hydrogens (tertiary/aromatic N) is 2. The summed E-state index contributed by atoms with van der Waals surface area (Å²) in [6.07, 6.45) is 4.03. The number of hydrogen-bond donors (Lipinski definition) is 0. The standard InChI is InChI=1S/C20H18Cl2N2O2/c1-20(2,14-3-5-15(21)6-4-14)18(25)19(24-12-11-23-13-24)26-17-9-7-16(22)8-10-17/h3-13,19H,1-2H3. The van der Waals surface area contributed by atoms with E-state index in [4.69, 9.17) is 27.9 Å². The van der Waals surface area contributed by atoms with Gasteiger partial charge in [-0.1, -0.05) is 35.3 Å². The molecular weight excluding hydrogens is 371 g/mol. The van der Waals surface area contributed by atoms with Gasteiger partial charge in [0.15, 0.2) is 0 Å². The highest BCUT2D eigenvalue weighted by molar-refractivity contribution is 6.30. The Labute approximate surface area is 162 Å². The Balaban J connectivity index is 1.94. The average Bonchev–Trinajstić information content (AvgIpc) is 3.15. The molecule has 3 rings (SSSR count). The van der Waals surface area contributed by atoms with Gasteiger partial charge >= 0.3 is 0 Å². The van der Waals surface area contributed by atoms with Gasteiger partial charge in [-0.25, -0.2) is 4.98 Å². The van der Waals surface area contributed by atoms with Crippen molar-refractivity contribution in [2.75, 3.05) is 0 Å². The molecule has 0 aliphatic carbocycles. The van der Waals surface area contributed by atoms with Crippen LogP contribution in [0.2, 0.25) is 10.0 Å². The number of rotatable bonds is 6. The number of imidazole rings is 1. The van der Waals surface area contributed by atoms with Crippen molar-refractivity contribution < 1.29 is 9.53 Å². The molecule has 0 saturated carbocycles. The number of carbonyl (C=O) groups excluding carboxylic acids is 1. The second-order valence-electron chi connectivity index (χ2n) is 6.43. The van der Waals surface area contributed by atoms with Gasteiger partial charge in [0.2, 0.25) is 12.0 Å². The molecule has 6 heteroatoms. The number of ether oxygens (including phenoxy) is 1. The zero-order chi connectivity index (χ0) is 18.7. The predicted octanol–water partition coefficient (Wildman–Crippen LogP) is 5.31. The molecule has 4 nitrogen and oxygen atoms in total. The summed E-state index contributed by atoms with van der Waals surface area (Å²) in [5.41, 5.74) is 0.0723. The van der Waals surface area contributed by atoms with Gasteiger partial charge in [0.05, 0.1) is 11.7 Å². The van der Waals surface area contributed by atoms with Gasteiger partial charge in [-0.3, -0.25) is 9.36 Å². The molecule has 1 aromatic heterocycles. The molecule has 0 bridgehead atoms. The Morgan fingerprint density at radius 2 is 1.62 bits per heavy atom. The molecule has 1 unspecified atom stereocenters. The summed E-state index contributed by atoms with van der Waals surface area (Å²) in [6, 6.07) is 14.2. The fourth-order valence-corrected chi connectivity index (χ4v) is 2.87. The predicted molar refractivity (Wildman–Crippen MR) is 103 cm³/mol. The van der Waals surface area contributed by atoms with Crippen LogP contribution in [0.15, 0.2) is 67.3 Å². The highest BCUT2D eigenvalue weighted by Crippen LogP contribution is 2.32. The second-order valence-corrected chi connectivity index (χ2v) is 7.30. The molecule has 134 valence electrons. The number of Topliss-reactive ketones (excluding diaryl/α,β-unsaturated/α-hetero) is 1. The van der Waals surface area contributed by atoms with E-state index in [1.54, 1.807) is 59.7 Å². The lowest BCUT2D eigenvalue weighted by Crippen LogP contribution is -2.38. The lowest BCUT2D eigenvalue weighted by Gasteiger charge is -2.29. The third kappa shape index (κ3) is 3.92. The molecule has 0 spiro atoms. The Morgan fingerprint density at radius 3 is 2.15 bits per heavy atom. The smallest absolute Gasteiger partial charge is 0.237 e. The maximum absolute atomic E-state index is 13.4. The monoisotopic (exact) mass is 388 g/mol. The fraction of sp³-hybridized carbons (Fsp3) is 0.200. The molecule has 3 aromatic rings. The second kappa shape index (κ2) is 7.52. The minimum Gasteiger partial charge on any atom is -0.463 e. The molecule has 0 saturated heterocycles. The van der Waals surface area contributed by atoms with E-state index in [9.17, 15) is 4.79 Å². The summed E-state index contributed by atoms with van der Waals surface area (Å²) < 4.78 is 7.64. The van der Waals surface area contributed by atoms with Crippen LogP contribution in [0.5, 0.6) is 5.75 Å². The third-order valence-electron chi connectivity index (χ3n) is 4.26. The first kappa shape index (κ1) is 18.5. The number of aromatic nitrogens is 2. The van der Waals surface area contributed by atoms with Gasteiger partial charge < -0.3 is 4.74 Å². The molecular formula is C20H18Cl2N2O2. The van der Waals surface area contributed by atoms with E-state index in [1.165, 1.54) is 0 Å². The number of carbonyl (C=O) groups is 1. The maximum Gasteiger partial charge on any atom is 0.237 e. The van der Waals surface area contributed by atoms with E-state index in [1.807, 2.05) is 26.0 Å². The van der Waals surface area contributed by atoms with E-state index in [0.29, 0.717) is 15.8 Å². The minimum absolute atomic E-state index is 0.104. The Hall–Kier alpha value is -2.30. The first-order chi connectivity index (χ1) is 12.4. The zero-order valence-corrected chi connectivity index (χ0v) is 15.9. The lowest BCUT2D eigenvalue weighted by atomic mass is 9.80. The zero-order valence-electron chi connectivity index (χ0n) is 14.4. The minimum atomic E-state index is -0.857. The van der Waals surface area contributed by atoms with E-state index >= 15 is 0 Å². The number of benzene rings is 2. The van der Waals surface area contributed by atoms with Gasteiger partial charge in [0.25, 0.3) is 0 Å². The van der Waals surface area contributed by atoms with Crippen molar-refractivity contribution in [3.8, 4) is 5.75 Å². The average molecular weight is 389 g/mol.